The van der Waals surface area contributed by atoms with E-state index >= 15 is 0 Å². The second kappa shape index (κ2) is 4.96. The molecule has 1 aliphatic carbocycles. The van der Waals surface area contributed by atoms with Crippen LogP contribution in [0.4, 0.5) is 0 Å². The van der Waals surface area contributed by atoms with Gasteiger partial charge in [0, 0.05) is 17.8 Å². The van der Waals surface area contributed by atoms with Gasteiger partial charge in [-0.15, -0.1) is 0 Å². The normalized spacial score (nSPS) is 15.7. The third-order valence-corrected chi connectivity index (χ3v) is 4.22. The minimum absolute atomic E-state index is 0.627. The van der Waals surface area contributed by atoms with Gasteiger partial charge in [0.2, 0.25) is 11.7 Å². The van der Waals surface area contributed by atoms with E-state index in [2.05, 4.69) is 27.1 Å². The van der Waals surface area contributed by atoms with Gasteiger partial charge < -0.3 is 8.92 Å². The Morgan fingerprint density at radius 2 is 2.29 bits per heavy atom. The molecule has 0 bridgehead atoms. The van der Waals surface area contributed by atoms with Crippen molar-refractivity contribution in [3.05, 3.63) is 36.7 Å². The highest BCUT2D eigenvalue weighted by atomic mass is 16.5. The molecule has 0 atom stereocenters. The number of aromatic nitrogens is 4. The van der Waals surface area contributed by atoms with Crippen molar-refractivity contribution in [2.75, 3.05) is 7.05 Å². The second-order valence-electron chi connectivity index (χ2n) is 5.66. The Morgan fingerprint density at radius 3 is 3.10 bits per heavy atom. The molecule has 0 aliphatic heterocycles. The number of hydrogen-bond acceptors (Lipinski definition) is 5. The first-order valence-corrected chi connectivity index (χ1v) is 7.24. The maximum atomic E-state index is 5.37. The average Bonchev–Trinajstić information content (AvgIpc) is 3.03. The Morgan fingerprint density at radius 1 is 1.38 bits per heavy atom. The van der Waals surface area contributed by atoms with Gasteiger partial charge in [-0.2, -0.15) is 4.98 Å². The molecule has 0 spiro atoms. The summed E-state index contributed by atoms with van der Waals surface area (Å²) in [5.74, 6) is 1.30. The van der Waals surface area contributed by atoms with Crippen LogP contribution in [0.15, 0.2) is 35.4 Å². The predicted molar refractivity (Wildman–Crippen MR) is 77.6 cm³/mol. The molecule has 108 valence electrons. The summed E-state index contributed by atoms with van der Waals surface area (Å²) in [4.78, 5) is 10.9. The number of rotatable bonds is 4. The summed E-state index contributed by atoms with van der Waals surface area (Å²) in [5, 5.41) is 4.09. The van der Waals surface area contributed by atoms with E-state index in [1.165, 1.54) is 19.3 Å². The lowest BCUT2D eigenvalue weighted by atomic mass is 9.92. The van der Waals surface area contributed by atoms with Gasteiger partial charge in [-0.3, -0.25) is 4.90 Å². The van der Waals surface area contributed by atoms with E-state index in [-0.39, 0.29) is 0 Å². The van der Waals surface area contributed by atoms with Gasteiger partial charge in [0.05, 0.1) is 24.6 Å². The summed E-state index contributed by atoms with van der Waals surface area (Å²) in [6, 6.07) is 4.66. The van der Waals surface area contributed by atoms with Crippen LogP contribution in [0.3, 0.4) is 0 Å². The zero-order valence-electron chi connectivity index (χ0n) is 11.9. The van der Waals surface area contributed by atoms with Crippen LogP contribution in [-0.2, 0) is 6.54 Å². The zero-order chi connectivity index (χ0) is 14.2. The standard InChI is InChI=1S/C15H17N5O/c1-19(12-3-2-4-12)9-14-17-15(18-21-14)11-5-6-13-7-16-10-20(13)8-11/h5-8,10,12H,2-4,9H2,1H3. The Labute approximate surface area is 122 Å². The van der Waals surface area contributed by atoms with Crippen LogP contribution in [0.1, 0.15) is 25.2 Å². The maximum absolute atomic E-state index is 5.37. The maximum Gasteiger partial charge on any atom is 0.241 e. The van der Waals surface area contributed by atoms with Crippen molar-refractivity contribution >= 4 is 5.52 Å². The van der Waals surface area contributed by atoms with E-state index in [9.17, 15) is 0 Å². The third-order valence-electron chi connectivity index (χ3n) is 4.22. The highest BCUT2D eigenvalue weighted by Gasteiger charge is 2.23. The molecule has 0 radical (unpaired) electrons. The third kappa shape index (κ3) is 2.31. The number of nitrogens with zero attached hydrogens (tertiary/aromatic N) is 5. The molecule has 0 unspecified atom stereocenters. The quantitative estimate of drug-likeness (QED) is 0.735. The molecule has 1 fully saturated rings. The van der Waals surface area contributed by atoms with E-state index in [4.69, 9.17) is 4.52 Å². The molecular weight excluding hydrogens is 266 g/mol. The zero-order valence-corrected chi connectivity index (χ0v) is 11.9. The number of imidazole rings is 1. The highest BCUT2D eigenvalue weighted by molar-refractivity contribution is 5.58. The van der Waals surface area contributed by atoms with E-state index in [0.29, 0.717) is 24.3 Å². The Balaban J connectivity index is 1.55. The summed E-state index contributed by atoms with van der Waals surface area (Å²) in [6.45, 7) is 0.713. The number of fused-ring (bicyclic) bond motifs is 1. The fourth-order valence-electron chi connectivity index (χ4n) is 2.66. The molecule has 6 nitrogen and oxygen atoms in total. The lowest BCUT2D eigenvalue weighted by Crippen LogP contribution is -2.36. The molecule has 4 rings (SSSR count). The Bertz CT molecular complexity index is 758. The topological polar surface area (TPSA) is 59.5 Å². The minimum Gasteiger partial charge on any atom is -0.338 e. The molecule has 3 aromatic rings. The molecule has 21 heavy (non-hydrogen) atoms. The van der Waals surface area contributed by atoms with Crippen molar-refractivity contribution < 1.29 is 4.52 Å². The van der Waals surface area contributed by atoms with Crippen LogP contribution in [-0.4, -0.2) is 37.5 Å². The predicted octanol–water partition coefficient (Wildman–Crippen LogP) is 2.37. The summed E-state index contributed by atoms with van der Waals surface area (Å²) in [6.07, 6.45) is 9.43. The number of hydrogen-bond donors (Lipinski definition) is 0. The van der Waals surface area contributed by atoms with Crippen LogP contribution < -0.4 is 0 Å². The molecule has 0 N–H and O–H groups in total. The van der Waals surface area contributed by atoms with Crippen molar-refractivity contribution in [2.45, 2.75) is 31.8 Å². The monoisotopic (exact) mass is 283 g/mol. The second-order valence-corrected chi connectivity index (χ2v) is 5.66. The van der Waals surface area contributed by atoms with Crippen LogP contribution in [0.25, 0.3) is 16.9 Å². The first kappa shape index (κ1) is 12.5. The van der Waals surface area contributed by atoms with Gasteiger partial charge in [0.15, 0.2) is 0 Å². The van der Waals surface area contributed by atoms with Gasteiger partial charge >= 0.3 is 0 Å². The summed E-state index contributed by atoms with van der Waals surface area (Å²) in [7, 11) is 2.12. The summed E-state index contributed by atoms with van der Waals surface area (Å²) >= 11 is 0. The fraction of sp³-hybridized carbons (Fsp3) is 0.400. The first-order chi connectivity index (χ1) is 10.3. The average molecular weight is 283 g/mol. The van der Waals surface area contributed by atoms with Crippen LogP contribution in [0.2, 0.25) is 0 Å². The van der Waals surface area contributed by atoms with Gasteiger partial charge in [0.25, 0.3) is 0 Å². The van der Waals surface area contributed by atoms with E-state index in [1.807, 2.05) is 28.9 Å². The van der Waals surface area contributed by atoms with Crippen LogP contribution >= 0.6 is 0 Å². The molecule has 3 heterocycles. The number of pyridine rings is 1. The SMILES string of the molecule is CN(Cc1nc(-c2ccc3cncn3c2)no1)C1CCC1. The molecule has 6 heteroatoms. The molecule has 1 saturated carbocycles. The van der Waals surface area contributed by atoms with E-state index in [0.717, 1.165) is 11.1 Å². The summed E-state index contributed by atoms with van der Waals surface area (Å²) in [5.41, 5.74) is 1.98. The van der Waals surface area contributed by atoms with Gasteiger partial charge in [0.1, 0.15) is 0 Å². The van der Waals surface area contributed by atoms with Crippen molar-refractivity contribution in [2.24, 2.45) is 0 Å². The fourth-order valence-corrected chi connectivity index (χ4v) is 2.66. The van der Waals surface area contributed by atoms with Gasteiger partial charge in [-0.05, 0) is 32.0 Å². The van der Waals surface area contributed by atoms with Crippen molar-refractivity contribution in [3.63, 3.8) is 0 Å². The lowest BCUT2D eigenvalue weighted by molar-refractivity contribution is 0.137. The smallest absolute Gasteiger partial charge is 0.241 e. The van der Waals surface area contributed by atoms with Crippen LogP contribution in [0, 0.1) is 0 Å². The van der Waals surface area contributed by atoms with Crippen molar-refractivity contribution in [1.82, 2.24) is 24.4 Å². The molecular formula is C15H17N5O. The molecule has 0 saturated heterocycles. The Kier molecular flexibility index (Phi) is 2.96. The Hall–Kier alpha value is -2.21. The van der Waals surface area contributed by atoms with E-state index in [1.54, 1.807) is 6.33 Å². The molecule has 0 amide bonds. The first-order valence-electron chi connectivity index (χ1n) is 7.24. The van der Waals surface area contributed by atoms with Gasteiger partial charge in [-0.1, -0.05) is 11.6 Å². The molecule has 0 aromatic carbocycles. The van der Waals surface area contributed by atoms with Gasteiger partial charge in [-0.25, -0.2) is 4.98 Å². The largest absolute Gasteiger partial charge is 0.338 e. The van der Waals surface area contributed by atoms with Crippen molar-refractivity contribution in [1.29, 1.82) is 0 Å². The van der Waals surface area contributed by atoms with Crippen LogP contribution in [0.5, 0.6) is 0 Å². The summed E-state index contributed by atoms with van der Waals surface area (Å²) < 4.78 is 7.32. The minimum atomic E-state index is 0.627. The highest BCUT2D eigenvalue weighted by Crippen LogP contribution is 2.25. The molecule has 3 aromatic heterocycles. The van der Waals surface area contributed by atoms with Crippen molar-refractivity contribution in [3.8, 4) is 11.4 Å². The molecule has 1 aliphatic rings. The van der Waals surface area contributed by atoms with E-state index < -0.39 is 0 Å². The lowest BCUT2D eigenvalue weighted by Gasteiger charge is -2.33.